The molecule has 0 bridgehead atoms. The Morgan fingerprint density at radius 3 is 2.33 bits per heavy atom. The summed E-state index contributed by atoms with van der Waals surface area (Å²) >= 11 is 0. The number of carbonyl (C=O) groups excluding carboxylic acids is 1. The summed E-state index contributed by atoms with van der Waals surface area (Å²) in [5.41, 5.74) is 1.65. The highest BCUT2D eigenvalue weighted by molar-refractivity contribution is 6.00. The van der Waals surface area contributed by atoms with E-state index in [1.54, 1.807) is 48.5 Å². The van der Waals surface area contributed by atoms with Crippen LogP contribution in [0.2, 0.25) is 0 Å². The van der Waals surface area contributed by atoms with Gasteiger partial charge in [0.05, 0.1) is 0 Å². The van der Waals surface area contributed by atoms with E-state index in [4.69, 9.17) is 4.74 Å². The Bertz CT molecular complexity index is 1290. The molecule has 0 heterocycles. The molecule has 0 radical (unpaired) electrons. The molecule has 0 saturated carbocycles. The Labute approximate surface area is 190 Å². The summed E-state index contributed by atoms with van der Waals surface area (Å²) in [7, 11) is 0. The van der Waals surface area contributed by atoms with Gasteiger partial charge in [0, 0.05) is 17.5 Å². The molecule has 4 aromatic carbocycles. The Kier molecular flexibility index (Phi) is 6.64. The lowest BCUT2D eigenvalue weighted by Gasteiger charge is -2.15. The van der Waals surface area contributed by atoms with Gasteiger partial charge in [0.25, 0.3) is 5.91 Å². The van der Waals surface area contributed by atoms with E-state index in [1.807, 2.05) is 36.4 Å². The molecule has 0 saturated heterocycles. The molecule has 0 fully saturated rings. The normalized spacial score (nSPS) is 11.7. The Hall–Kier alpha value is -4.19. The molecular weight excluding hydrogens is 421 g/mol. The van der Waals surface area contributed by atoms with Crippen molar-refractivity contribution in [1.29, 1.82) is 0 Å². The third-order valence-electron chi connectivity index (χ3n) is 5.31. The van der Waals surface area contributed by atoms with Gasteiger partial charge in [-0.3, -0.25) is 4.79 Å². The van der Waals surface area contributed by atoms with Crippen LogP contribution in [0.4, 0.5) is 4.39 Å². The molecule has 0 aromatic heterocycles. The maximum absolute atomic E-state index is 13.8. The van der Waals surface area contributed by atoms with Crippen molar-refractivity contribution in [2.45, 2.75) is 19.1 Å². The predicted molar refractivity (Wildman–Crippen MR) is 124 cm³/mol. The minimum absolute atomic E-state index is 0.108. The first kappa shape index (κ1) is 22.0. The van der Waals surface area contributed by atoms with E-state index in [1.165, 1.54) is 6.07 Å². The van der Waals surface area contributed by atoms with Crippen molar-refractivity contribution in [2.24, 2.45) is 0 Å². The summed E-state index contributed by atoms with van der Waals surface area (Å²) in [4.78, 5) is 24.4. The number of ether oxygens (including phenoxy) is 1. The van der Waals surface area contributed by atoms with Gasteiger partial charge in [-0.05, 0) is 46.7 Å². The zero-order chi connectivity index (χ0) is 23.2. The monoisotopic (exact) mass is 443 g/mol. The number of amides is 1. The SMILES string of the molecule is O=C(NC(Cc1ccccc1)C(=O)O)c1ccc2cc(OCc3ccccc3F)ccc2c1. The highest BCUT2D eigenvalue weighted by Crippen LogP contribution is 2.23. The number of carboxylic acids is 1. The van der Waals surface area contributed by atoms with Gasteiger partial charge in [0.2, 0.25) is 0 Å². The summed E-state index contributed by atoms with van der Waals surface area (Å²) in [6, 6.07) is 25.0. The molecular formula is C27H22FNO4. The van der Waals surface area contributed by atoms with E-state index in [0.29, 0.717) is 16.9 Å². The van der Waals surface area contributed by atoms with Crippen LogP contribution < -0.4 is 10.1 Å². The lowest BCUT2D eigenvalue weighted by molar-refractivity contribution is -0.139. The molecule has 1 unspecified atom stereocenters. The molecule has 4 aromatic rings. The summed E-state index contributed by atoms with van der Waals surface area (Å²) < 4.78 is 19.5. The zero-order valence-electron chi connectivity index (χ0n) is 17.7. The first-order valence-electron chi connectivity index (χ1n) is 10.5. The van der Waals surface area contributed by atoms with Crippen LogP contribution in [0.15, 0.2) is 91.0 Å². The van der Waals surface area contributed by atoms with E-state index < -0.39 is 17.9 Å². The molecule has 0 spiro atoms. The number of benzene rings is 4. The molecule has 4 rings (SSSR count). The number of carbonyl (C=O) groups is 2. The largest absolute Gasteiger partial charge is 0.489 e. The number of nitrogens with one attached hydrogen (secondary N) is 1. The highest BCUT2D eigenvalue weighted by atomic mass is 19.1. The van der Waals surface area contributed by atoms with Gasteiger partial charge in [-0.15, -0.1) is 0 Å². The molecule has 166 valence electrons. The second kappa shape index (κ2) is 9.96. The fourth-order valence-corrected chi connectivity index (χ4v) is 3.52. The summed E-state index contributed by atoms with van der Waals surface area (Å²) in [5.74, 6) is -1.29. The van der Waals surface area contributed by atoms with Crippen molar-refractivity contribution in [3.05, 3.63) is 114 Å². The lowest BCUT2D eigenvalue weighted by atomic mass is 10.0. The van der Waals surface area contributed by atoms with Crippen molar-refractivity contribution in [1.82, 2.24) is 5.32 Å². The van der Waals surface area contributed by atoms with Crippen LogP contribution in [0, 0.1) is 5.82 Å². The highest BCUT2D eigenvalue weighted by Gasteiger charge is 2.21. The fourth-order valence-electron chi connectivity index (χ4n) is 3.52. The Balaban J connectivity index is 1.45. The van der Waals surface area contributed by atoms with E-state index >= 15 is 0 Å². The topological polar surface area (TPSA) is 75.6 Å². The van der Waals surface area contributed by atoms with Crippen LogP contribution in [0.5, 0.6) is 5.75 Å². The number of halogens is 1. The van der Waals surface area contributed by atoms with E-state index in [9.17, 15) is 19.1 Å². The van der Waals surface area contributed by atoms with E-state index in [0.717, 1.165) is 16.3 Å². The quantitative estimate of drug-likeness (QED) is 0.403. The van der Waals surface area contributed by atoms with Crippen molar-refractivity contribution < 1.29 is 23.8 Å². The molecule has 0 aliphatic heterocycles. The third-order valence-corrected chi connectivity index (χ3v) is 5.31. The molecule has 6 heteroatoms. The second-order valence-corrected chi connectivity index (χ2v) is 7.66. The lowest BCUT2D eigenvalue weighted by Crippen LogP contribution is -2.42. The average Bonchev–Trinajstić information content (AvgIpc) is 2.83. The predicted octanol–water partition coefficient (Wildman–Crippen LogP) is 4.98. The van der Waals surface area contributed by atoms with E-state index in [2.05, 4.69) is 5.32 Å². The van der Waals surface area contributed by atoms with Gasteiger partial charge in [0.1, 0.15) is 24.2 Å². The number of carboxylic acid groups (broad SMARTS) is 1. The molecule has 5 nitrogen and oxygen atoms in total. The van der Waals surface area contributed by atoms with Gasteiger partial charge >= 0.3 is 5.97 Å². The van der Waals surface area contributed by atoms with Crippen molar-refractivity contribution in [3.63, 3.8) is 0 Å². The Morgan fingerprint density at radius 2 is 1.58 bits per heavy atom. The molecule has 33 heavy (non-hydrogen) atoms. The molecule has 1 amide bonds. The first-order chi connectivity index (χ1) is 16.0. The van der Waals surface area contributed by atoms with Crippen molar-refractivity contribution in [2.75, 3.05) is 0 Å². The van der Waals surface area contributed by atoms with Crippen LogP contribution in [0.25, 0.3) is 10.8 Å². The summed E-state index contributed by atoms with van der Waals surface area (Å²) in [5, 5.41) is 13.8. The number of aliphatic carboxylic acids is 1. The van der Waals surface area contributed by atoms with Crippen LogP contribution in [0.1, 0.15) is 21.5 Å². The number of hydrogen-bond acceptors (Lipinski definition) is 3. The number of fused-ring (bicyclic) bond motifs is 1. The molecule has 2 N–H and O–H groups in total. The average molecular weight is 443 g/mol. The standard InChI is InChI=1S/C27H22FNO4/c28-24-9-5-4-8-22(24)17-33-23-13-12-19-15-21(11-10-20(19)16-23)26(30)29-25(27(31)32)14-18-6-2-1-3-7-18/h1-13,15-16,25H,14,17H2,(H,29,30)(H,31,32). The van der Waals surface area contributed by atoms with Gasteiger partial charge < -0.3 is 15.2 Å². The minimum atomic E-state index is -1.09. The third kappa shape index (κ3) is 5.54. The zero-order valence-corrected chi connectivity index (χ0v) is 17.7. The van der Waals surface area contributed by atoms with Crippen LogP contribution in [-0.2, 0) is 17.8 Å². The number of rotatable bonds is 8. The van der Waals surface area contributed by atoms with E-state index in [-0.39, 0.29) is 18.8 Å². The maximum Gasteiger partial charge on any atom is 0.326 e. The first-order valence-corrected chi connectivity index (χ1v) is 10.5. The van der Waals surface area contributed by atoms with Gasteiger partial charge in [-0.1, -0.05) is 60.7 Å². The fraction of sp³-hybridized carbons (Fsp3) is 0.111. The molecule has 0 aliphatic rings. The van der Waals surface area contributed by atoms with Gasteiger partial charge in [-0.2, -0.15) is 0 Å². The van der Waals surface area contributed by atoms with Gasteiger partial charge in [-0.25, -0.2) is 9.18 Å². The summed E-state index contributed by atoms with van der Waals surface area (Å²) in [6.45, 7) is 0.108. The second-order valence-electron chi connectivity index (χ2n) is 7.66. The summed E-state index contributed by atoms with van der Waals surface area (Å²) in [6.07, 6.45) is 0.193. The van der Waals surface area contributed by atoms with Crippen LogP contribution in [0.3, 0.4) is 0 Å². The van der Waals surface area contributed by atoms with Crippen molar-refractivity contribution >= 4 is 22.6 Å². The Morgan fingerprint density at radius 1 is 0.879 bits per heavy atom. The molecule has 0 aliphatic carbocycles. The minimum Gasteiger partial charge on any atom is -0.489 e. The van der Waals surface area contributed by atoms with Gasteiger partial charge in [0.15, 0.2) is 0 Å². The maximum atomic E-state index is 13.8. The van der Waals surface area contributed by atoms with Crippen LogP contribution >= 0.6 is 0 Å². The van der Waals surface area contributed by atoms with Crippen molar-refractivity contribution in [3.8, 4) is 5.75 Å². The smallest absolute Gasteiger partial charge is 0.326 e. The number of hydrogen-bond donors (Lipinski definition) is 2. The van der Waals surface area contributed by atoms with Crippen LogP contribution in [-0.4, -0.2) is 23.0 Å². The molecule has 1 atom stereocenters.